The molecule has 2 aliphatic heterocycles. The van der Waals surface area contributed by atoms with Crippen LogP contribution in [0.4, 0.5) is 18.0 Å². The molecule has 4 rings (SSSR count). The number of amides is 1. The van der Waals surface area contributed by atoms with E-state index in [1.54, 1.807) is 11.0 Å². The van der Waals surface area contributed by atoms with Crippen molar-refractivity contribution in [2.75, 3.05) is 32.7 Å². The normalized spacial score (nSPS) is 25.7. The van der Waals surface area contributed by atoms with Gasteiger partial charge in [-0.3, -0.25) is 9.74 Å². The summed E-state index contributed by atoms with van der Waals surface area (Å²) in [7, 11) is 0. The Morgan fingerprint density at radius 3 is 2.40 bits per heavy atom. The van der Waals surface area contributed by atoms with Crippen LogP contribution >= 0.6 is 0 Å². The maximum Gasteiger partial charge on any atom is 0.416 e. The lowest BCUT2D eigenvalue weighted by molar-refractivity contribution is -0.137. The number of piperidine rings is 1. The van der Waals surface area contributed by atoms with Crippen LogP contribution in [0, 0.1) is 6.57 Å². The van der Waals surface area contributed by atoms with Crippen LogP contribution in [0.25, 0.3) is 4.85 Å². The first-order valence-electron chi connectivity index (χ1n) is 12.4. The summed E-state index contributed by atoms with van der Waals surface area (Å²) >= 11 is 0. The van der Waals surface area contributed by atoms with Gasteiger partial charge in [-0.1, -0.05) is 6.07 Å². The molecule has 2 fully saturated rings. The second-order valence-corrected chi connectivity index (χ2v) is 11.1. The molecule has 35 heavy (non-hydrogen) atoms. The van der Waals surface area contributed by atoms with Gasteiger partial charge in [-0.15, -0.1) is 0 Å². The SMILES string of the molecule is [C-]#[N+]C1(N2CCN(C3CCc4ccc(C(F)(F)F)cc43)[C@@H](C)C2)CCN(C(=O)OC(C)(C)C)CC1. The van der Waals surface area contributed by atoms with E-state index < -0.39 is 23.0 Å². The summed E-state index contributed by atoms with van der Waals surface area (Å²) in [5.41, 5.74) is 0.000822. The Hall–Kier alpha value is -2.31. The average molecular weight is 493 g/mol. The van der Waals surface area contributed by atoms with Gasteiger partial charge >= 0.3 is 12.3 Å². The van der Waals surface area contributed by atoms with Gasteiger partial charge in [0, 0.05) is 44.8 Å². The summed E-state index contributed by atoms with van der Waals surface area (Å²) in [6, 6.07) is 4.23. The molecule has 3 aliphatic rings. The third-order valence-corrected chi connectivity index (χ3v) is 7.61. The lowest BCUT2D eigenvalue weighted by Gasteiger charge is -2.48. The number of benzene rings is 1. The quantitative estimate of drug-likeness (QED) is 0.523. The van der Waals surface area contributed by atoms with Crippen LogP contribution in [-0.2, 0) is 17.3 Å². The zero-order valence-corrected chi connectivity index (χ0v) is 21.0. The number of nitrogens with zero attached hydrogens (tertiary/aromatic N) is 4. The summed E-state index contributed by atoms with van der Waals surface area (Å²) in [5.74, 6) is 0. The molecule has 6 nitrogen and oxygen atoms in total. The van der Waals surface area contributed by atoms with Crippen molar-refractivity contribution in [3.05, 3.63) is 46.3 Å². The fraction of sp³-hybridized carbons (Fsp3) is 0.692. The van der Waals surface area contributed by atoms with Crippen LogP contribution < -0.4 is 0 Å². The van der Waals surface area contributed by atoms with Gasteiger partial charge in [-0.25, -0.2) is 16.3 Å². The molecule has 0 spiro atoms. The molecule has 0 bridgehead atoms. The molecule has 0 radical (unpaired) electrons. The number of carbonyl (C=O) groups is 1. The Morgan fingerprint density at radius 2 is 1.83 bits per heavy atom. The first-order valence-corrected chi connectivity index (χ1v) is 12.4. The van der Waals surface area contributed by atoms with E-state index in [1.807, 2.05) is 20.8 Å². The van der Waals surface area contributed by atoms with Gasteiger partial charge in [0.25, 0.3) is 5.66 Å². The van der Waals surface area contributed by atoms with E-state index in [4.69, 9.17) is 11.3 Å². The van der Waals surface area contributed by atoms with Crippen LogP contribution in [-0.4, -0.2) is 70.8 Å². The van der Waals surface area contributed by atoms with Crippen molar-refractivity contribution in [3.63, 3.8) is 0 Å². The van der Waals surface area contributed by atoms with Gasteiger partial charge < -0.3 is 9.64 Å². The number of aryl methyl sites for hydroxylation is 1. The molecular weight excluding hydrogens is 457 g/mol. The second-order valence-electron chi connectivity index (χ2n) is 11.1. The van der Waals surface area contributed by atoms with Gasteiger partial charge in [0.2, 0.25) is 0 Å². The fourth-order valence-corrected chi connectivity index (χ4v) is 5.79. The first kappa shape index (κ1) is 25.8. The van der Waals surface area contributed by atoms with E-state index in [2.05, 4.69) is 21.6 Å². The van der Waals surface area contributed by atoms with Crippen molar-refractivity contribution in [1.82, 2.24) is 14.7 Å². The van der Waals surface area contributed by atoms with Crippen molar-refractivity contribution in [2.45, 2.75) is 82.9 Å². The molecule has 0 N–H and O–H groups in total. The maximum absolute atomic E-state index is 13.3. The van der Waals surface area contributed by atoms with E-state index in [0.29, 0.717) is 45.6 Å². The molecule has 2 heterocycles. The highest BCUT2D eigenvalue weighted by atomic mass is 19.4. The molecule has 2 atom stereocenters. The second kappa shape index (κ2) is 9.29. The highest BCUT2D eigenvalue weighted by molar-refractivity contribution is 5.68. The number of fused-ring (bicyclic) bond motifs is 1. The summed E-state index contributed by atoms with van der Waals surface area (Å²) < 4.78 is 45.4. The van der Waals surface area contributed by atoms with E-state index in [0.717, 1.165) is 24.0 Å². The Morgan fingerprint density at radius 1 is 1.14 bits per heavy atom. The Balaban J connectivity index is 1.42. The summed E-state index contributed by atoms with van der Waals surface area (Å²) in [6.07, 6.45) is -1.96. The topological polar surface area (TPSA) is 40.4 Å². The molecule has 0 saturated carbocycles. The van der Waals surface area contributed by atoms with E-state index in [9.17, 15) is 18.0 Å². The molecule has 1 unspecified atom stereocenters. The van der Waals surface area contributed by atoms with Crippen molar-refractivity contribution in [3.8, 4) is 0 Å². The molecule has 192 valence electrons. The zero-order chi connectivity index (χ0) is 25.6. The van der Waals surface area contributed by atoms with Crippen molar-refractivity contribution in [2.24, 2.45) is 0 Å². The van der Waals surface area contributed by atoms with Gasteiger partial charge in [-0.2, -0.15) is 13.2 Å². The predicted octanol–water partition coefficient (Wildman–Crippen LogP) is 5.35. The largest absolute Gasteiger partial charge is 0.444 e. The van der Waals surface area contributed by atoms with Crippen LogP contribution in [0.3, 0.4) is 0 Å². The minimum Gasteiger partial charge on any atom is -0.444 e. The standard InChI is InChI=1S/C26H35F3N4O2/c1-18-17-32(25(30-5)10-12-31(13-11-25)23(34)35-24(2,3)4)14-15-33(18)22-9-7-19-6-8-20(16-21(19)22)26(27,28)29/h6,8,16,18,22H,7,9-15,17H2,1-4H3/t18-,22?/m0/s1. The molecule has 1 amide bonds. The lowest BCUT2D eigenvalue weighted by atomic mass is 9.93. The number of halogens is 3. The minimum absolute atomic E-state index is 0.0256. The predicted molar refractivity (Wildman–Crippen MR) is 127 cm³/mol. The molecule has 1 aliphatic carbocycles. The molecule has 1 aromatic rings. The fourth-order valence-electron chi connectivity index (χ4n) is 5.79. The molecular formula is C26H35F3N4O2. The third-order valence-electron chi connectivity index (χ3n) is 7.61. The smallest absolute Gasteiger partial charge is 0.416 e. The van der Waals surface area contributed by atoms with Gasteiger partial charge in [-0.05, 0) is 63.8 Å². The number of piperazine rings is 1. The van der Waals surface area contributed by atoms with E-state index in [-0.39, 0.29) is 18.2 Å². The number of carbonyl (C=O) groups excluding carboxylic acids is 1. The van der Waals surface area contributed by atoms with E-state index >= 15 is 0 Å². The maximum atomic E-state index is 13.3. The van der Waals surface area contributed by atoms with Crippen LogP contribution in [0.5, 0.6) is 0 Å². The average Bonchev–Trinajstić information content (AvgIpc) is 3.20. The van der Waals surface area contributed by atoms with Crippen LogP contribution in [0.15, 0.2) is 18.2 Å². The lowest BCUT2D eigenvalue weighted by Crippen LogP contribution is -2.62. The molecule has 0 aromatic heterocycles. The van der Waals surface area contributed by atoms with Gasteiger partial charge in [0.15, 0.2) is 0 Å². The zero-order valence-electron chi connectivity index (χ0n) is 21.0. The monoisotopic (exact) mass is 492 g/mol. The first-order chi connectivity index (χ1) is 16.3. The van der Waals surface area contributed by atoms with Gasteiger partial charge in [0.05, 0.1) is 18.4 Å². The molecule has 1 aromatic carbocycles. The van der Waals surface area contributed by atoms with Gasteiger partial charge in [0.1, 0.15) is 5.60 Å². The van der Waals surface area contributed by atoms with Crippen molar-refractivity contribution < 1.29 is 22.7 Å². The van der Waals surface area contributed by atoms with Crippen LogP contribution in [0.2, 0.25) is 0 Å². The number of hydrogen-bond donors (Lipinski definition) is 0. The van der Waals surface area contributed by atoms with Crippen LogP contribution in [0.1, 0.15) is 69.7 Å². The molecule has 2 saturated heterocycles. The summed E-state index contributed by atoms with van der Waals surface area (Å²) in [4.78, 5) is 22.7. The van der Waals surface area contributed by atoms with Crippen molar-refractivity contribution >= 4 is 6.09 Å². The number of rotatable bonds is 2. The summed E-state index contributed by atoms with van der Waals surface area (Å²) in [5, 5.41) is 0. The van der Waals surface area contributed by atoms with E-state index in [1.165, 1.54) is 12.1 Å². The highest BCUT2D eigenvalue weighted by Gasteiger charge is 2.50. The number of hydrogen-bond acceptors (Lipinski definition) is 4. The highest BCUT2D eigenvalue weighted by Crippen LogP contribution is 2.42. The Kier molecular flexibility index (Phi) is 6.84. The van der Waals surface area contributed by atoms with Crippen molar-refractivity contribution in [1.29, 1.82) is 0 Å². The number of likely N-dealkylation sites (tertiary alicyclic amines) is 1. The molecule has 9 heteroatoms. The number of alkyl halides is 3. The minimum atomic E-state index is -4.34. The summed E-state index contributed by atoms with van der Waals surface area (Å²) in [6.45, 7) is 18.6. The third kappa shape index (κ3) is 5.29. The Bertz CT molecular complexity index is 990. The number of ether oxygens (including phenoxy) is 1. The Labute approximate surface area is 205 Å².